The van der Waals surface area contributed by atoms with Crippen molar-refractivity contribution in [1.29, 1.82) is 5.26 Å². The molecule has 252 valence electrons. The summed E-state index contributed by atoms with van der Waals surface area (Å²) in [6, 6.07) is 4.13. The number of nitriles is 1. The molecule has 2 aromatic carbocycles. The summed E-state index contributed by atoms with van der Waals surface area (Å²) in [6.45, 7) is 2.17. The Hall–Kier alpha value is -3.77. The van der Waals surface area contributed by atoms with Gasteiger partial charge in [0.15, 0.2) is 5.82 Å². The molecular weight excluding hydrogens is 666 g/mol. The van der Waals surface area contributed by atoms with Crippen molar-refractivity contribution in [3.05, 3.63) is 45.8 Å². The molecular formula is C33H27F8N5OS. The number of anilines is 1. The fourth-order valence-corrected chi connectivity index (χ4v) is 9.17. The van der Waals surface area contributed by atoms with Gasteiger partial charge in [-0.2, -0.15) is 28.4 Å². The van der Waals surface area contributed by atoms with Crippen LogP contribution >= 0.6 is 11.3 Å². The second-order valence-corrected chi connectivity index (χ2v) is 14.7. The minimum atomic E-state index is -5.14. The van der Waals surface area contributed by atoms with Gasteiger partial charge in [0.25, 0.3) is 5.92 Å². The number of aromatic nitrogens is 2. The Morgan fingerprint density at radius 1 is 1.15 bits per heavy atom. The summed E-state index contributed by atoms with van der Waals surface area (Å²) in [5.41, 5.74) is -5.35. The average molecular weight is 694 g/mol. The van der Waals surface area contributed by atoms with Crippen molar-refractivity contribution >= 4 is 38.1 Å². The Bertz CT molecular complexity index is 2060. The fraction of sp³-hybridized carbons (Fsp3) is 0.485. The Morgan fingerprint density at radius 3 is 2.60 bits per heavy atom. The molecule has 1 aliphatic carbocycles. The zero-order chi connectivity index (χ0) is 34.0. The Morgan fingerprint density at radius 2 is 1.92 bits per heavy atom. The maximum atomic E-state index is 16.9. The van der Waals surface area contributed by atoms with E-state index in [4.69, 9.17) is 4.74 Å². The van der Waals surface area contributed by atoms with Gasteiger partial charge in [0.2, 0.25) is 0 Å². The van der Waals surface area contributed by atoms with Crippen molar-refractivity contribution in [3.63, 3.8) is 0 Å². The maximum Gasteiger partial charge on any atom is 0.417 e. The van der Waals surface area contributed by atoms with Crippen molar-refractivity contribution in [2.45, 2.75) is 62.8 Å². The molecule has 6 nitrogen and oxygen atoms in total. The number of rotatable bonds is 5. The highest BCUT2D eigenvalue weighted by molar-refractivity contribution is 7.19. The molecule has 1 saturated carbocycles. The molecule has 4 aliphatic rings. The van der Waals surface area contributed by atoms with E-state index in [0.29, 0.717) is 23.9 Å². The van der Waals surface area contributed by atoms with Gasteiger partial charge in [0.05, 0.1) is 26.8 Å². The highest BCUT2D eigenvalue weighted by Gasteiger charge is 2.72. The van der Waals surface area contributed by atoms with Crippen LogP contribution in [0.4, 0.5) is 40.9 Å². The van der Waals surface area contributed by atoms with Crippen LogP contribution in [0.15, 0.2) is 18.2 Å². The van der Waals surface area contributed by atoms with Crippen LogP contribution in [0.1, 0.15) is 48.1 Å². The summed E-state index contributed by atoms with van der Waals surface area (Å²) in [5, 5.41) is 9.32. The van der Waals surface area contributed by atoms with E-state index in [-0.39, 0.29) is 83.9 Å². The lowest BCUT2D eigenvalue weighted by Gasteiger charge is -2.31. The number of hydrogen-bond donors (Lipinski definition) is 0. The molecule has 1 spiro atoms. The molecule has 2 aromatic heterocycles. The standard InChI is InChI=1S/C33H27F8N5OS/c1-16-20(11-42)23-18(3-4-22(35)27(23)48-16)24-21(33(39,40)41)9-19-26(25(24)36)43-29(47-15-31-5-2-7-46(31)12-17(34)10-31)44-28(19)45-8-6-30(14-45)13-32(30,37)38/h3-4,9,17H,2,5-8,10,12-15H2,1H3/t17?,30?,31-/m0/s1. The second kappa shape index (κ2) is 10.4. The zero-order valence-electron chi connectivity index (χ0n) is 25.5. The summed E-state index contributed by atoms with van der Waals surface area (Å²) >= 11 is 0.869. The van der Waals surface area contributed by atoms with Gasteiger partial charge in [-0.1, -0.05) is 6.07 Å². The topological polar surface area (TPSA) is 65.3 Å². The first-order valence-corrected chi connectivity index (χ1v) is 16.4. The number of halogens is 8. The molecule has 2 unspecified atom stereocenters. The first-order chi connectivity index (χ1) is 22.7. The van der Waals surface area contributed by atoms with Crippen molar-refractivity contribution in [3.8, 4) is 23.2 Å². The minimum absolute atomic E-state index is 0.0331. The minimum Gasteiger partial charge on any atom is -0.461 e. The number of hydrogen-bond acceptors (Lipinski definition) is 7. The normalized spacial score (nSPS) is 26.6. The number of fused-ring (bicyclic) bond motifs is 3. The first kappa shape index (κ1) is 31.5. The van der Waals surface area contributed by atoms with Crippen molar-refractivity contribution < 1.29 is 39.9 Å². The van der Waals surface area contributed by atoms with Gasteiger partial charge >= 0.3 is 12.2 Å². The monoisotopic (exact) mass is 693 g/mol. The summed E-state index contributed by atoms with van der Waals surface area (Å²) in [4.78, 5) is 12.4. The molecule has 4 fully saturated rings. The molecule has 15 heteroatoms. The molecule has 3 aliphatic heterocycles. The van der Waals surface area contributed by atoms with Gasteiger partial charge in [-0.3, -0.25) is 4.90 Å². The van der Waals surface area contributed by atoms with Crippen LogP contribution in [-0.2, 0) is 6.18 Å². The SMILES string of the molecule is Cc1sc2c(F)ccc(-c3c(C(F)(F)F)cc4c(N5CCC6(C5)CC6(F)F)nc(OC[C@@]56CCCN5CC(F)C6)nc4c3F)c2c1C#N. The highest BCUT2D eigenvalue weighted by atomic mass is 32.1. The van der Waals surface area contributed by atoms with E-state index in [1.54, 1.807) is 0 Å². The van der Waals surface area contributed by atoms with Crippen LogP contribution in [0.3, 0.4) is 0 Å². The van der Waals surface area contributed by atoms with Crippen molar-refractivity contribution in [2.75, 3.05) is 37.7 Å². The summed E-state index contributed by atoms with van der Waals surface area (Å²) in [7, 11) is 0. The third kappa shape index (κ3) is 4.58. The van der Waals surface area contributed by atoms with Crippen LogP contribution < -0.4 is 9.64 Å². The third-order valence-corrected chi connectivity index (χ3v) is 11.8. The van der Waals surface area contributed by atoms with Crippen molar-refractivity contribution in [2.24, 2.45) is 5.41 Å². The van der Waals surface area contributed by atoms with Gasteiger partial charge in [-0.05, 0) is 50.4 Å². The number of thiophene rings is 1. The fourth-order valence-electron chi connectivity index (χ4n) is 8.14. The van der Waals surface area contributed by atoms with Crippen LogP contribution in [0.25, 0.3) is 32.1 Å². The van der Waals surface area contributed by atoms with Crippen LogP contribution in [-0.4, -0.2) is 65.3 Å². The lowest BCUT2D eigenvalue weighted by atomic mass is 9.92. The smallest absolute Gasteiger partial charge is 0.417 e. The largest absolute Gasteiger partial charge is 0.461 e. The first-order valence-electron chi connectivity index (χ1n) is 15.6. The maximum absolute atomic E-state index is 16.9. The highest BCUT2D eigenvalue weighted by Crippen LogP contribution is 2.65. The molecule has 0 N–H and O–H groups in total. The van der Waals surface area contributed by atoms with E-state index in [0.717, 1.165) is 29.9 Å². The van der Waals surface area contributed by atoms with Crippen molar-refractivity contribution in [1.82, 2.24) is 14.9 Å². The van der Waals surface area contributed by atoms with Crippen LogP contribution in [0, 0.1) is 35.3 Å². The Kier molecular flexibility index (Phi) is 6.80. The molecule has 0 radical (unpaired) electrons. The van der Waals surface area contributed by atoms with E-state index < -0.39 is 57.5 Å². The quantitative estimate of drug-likeness (QED) is 0.197. The van der Waals surface area contributed by atoms with Gasteiger partial charge in [-0.25, -0.2) is 22.0 Å². The summed E-state index contributed by atoms with van der Waals surface area (Å²) in [5.74, 6) is -5.32. The Balaban J connectivity index is 1.34. The van der Waals surface area contributed by atoms with Gasteiger partial charge < -0.3 is 9.64 Å². The summed E-state index contributed by atoms with van der Waals surface area (Å²) in [6.07, 6.45) is -4.89. The van der Waals surface area contributed by atoms with Crippen LogP contribution in [0.5, 0.6) is 6.01 Å². The second-order valence-electron chi connectivity index (χ2n) is 13.5. The predicted molar refractivity (Wildman–Crippen MR) is 162 cm³/mol. The third-order valence-electron chi connectivity index (χ3n) is 10.6. The average Bonchev–Trinajstić information content (AvgIpc) is 3.55. The molecule has 5 heterocycles. The number of alkyl halides is 6. The van der Waals surface area contributed by atoms with E-state index in [2.05, 4.69) is 9.97 Å². The lowest BCUT2D eigenvalue weighted by molar-refractivity contribution is -0.137. The molecule has 3 atom stereocenters. The van der Waals surface area contributed by atoms with E-state index in [9.17, 15) is 36.0 Å². The molecule has 0 bridgehead atoms. The molecule has 0 amide bonds. The molecule has 48 heavy (non-hydrogen) atoms. The summed E-state index contributed by atoms with van der Waals surface area (Å²) < 4.78 is 126. The predicted octanol–water partition coefficient (Wildman–Crippen LogP) is 8.18. The van der Waals surface area contributed by atoms with E-state index in [1.165, 1.54) is 11.8 Å². The zero-order valence-corrected chi connectivity index (χ0v) is 26.3. The van der Waals surface area contributed by atoms with Gasteiger partial charge in [0, 0.05) is 53.7 Å². The number of ether oxygens (including phenoxy) is 1. The molecule has 4 aromatic rings. The number of nitrogens with zero attached hydrogens (tertiary/aromatic N) is 5. The molecule has 8 rings (SSSR count). The number of benzene rings is 2. The van der Waals surface area contributed by atoms with Gasteiger partial charge in [-0.15, -0.1) is 11.3 Å². The Labute approximate surface area is 272 Å². The van der Waals surface area contributed by atoms with E-state index >= 15 is 4.39 Å². The van der Waals surface area contributed by atoms with Crippen LogP contribution in [0.2, 0.25) is 0 Å². The molecule has 3 saturated heterocycles. The lowest BCUT2D eigenvalue weighted by Crippen LogP contribution is -2.43. The van der Waals surface area contributed by atoms with E-state index in [1.807, 2.05) is 11.0 Å². The van der Waals surface area contributed by atoms with Gasteiger partial charge in [0.1, 0.15) is 36.0 Å². The number of aryl methyl sites for hydroxylation is 1.